The zero-order valence-electron chi connectivity index (χ0n) is 14.2. The molecule has 1 atom stereocenters. The van der Waals surface area contributed by atoms with Crippen LogP contribution >= 0.6 is 23.2 Å². The predicted octanol–water partition coefficient (Wildman–Crippen LogP) is 4.58. The monoisotopic (exact) mass is 376 g/mol. The Morgan fingerprint density at radius 1 is 1.04 bits per heavy atom. The van der Waals surface area contributed by atoms with Crippen molar-refractivity contribution < 1.29 is 9.59 Å². The van der Waals surface area contributed by atoms with E-state index in [4.69, 9.17) is 23.2 Å². The summed E-state index contributed by atoms with van der Waals surface area (Å²) in [7, 11) is 0. The van der Waals surface area contributed by atoms with Crippen molar-refractivity contribution in [2.24, 2.45) is 0 Å². The molecule has 25 heavy (non-hydrogen) atoms. The van der Waals surface area contributed by atoms with Gasteiger partial charge >= 0.3 is 6.03 Å². The number of carbonyl (C=O) groups excluding carboxylic acids is 2. The summed E-state index contributed by atoms with van der Waals surface area (Å²) in [6, 6.07) is 10.4. The van der Waals surface area contributed by atoms with Crippen molar-refractivity contribution >= 4 is 35.1 Å². The molecule has 0 saturated carbocycles. The number of nitrogens with one attached hydrogen (secondary N) is 1. The van der Waals surface area contributed by atoms with Gasteiger partial charge in [0.25, 0.3) is 5.91 Å². The lowest BCUT2D eigenvalue weighted by atomic mass is 9.92. The Kier molecular flexibility index (Phi) is 4.52. The maximum absolute atomic E-state index is 13.0. The van der Waals surface area contributed by atoms with E-state index in [2.05, 4.69) is 5.32 Å². The first-order chi connectivity index (χ1) is 11.7. The highest BCUT2D eigenvalue weighted by molar-refractivity contribution is 6.35. The number of rotatable bonds is 3. The summed E-state index contributed by atoms with van der Waals surface area (Å²) >= 11 is 12.2. The zero-order valence-corrected chi connectivity index (χ0v) is 15.7. The quantitative estimate of drug-likeness (QED) is 0.797. The lowest BCUT2D eigenvalue weighted by molar-refractivity contribution is -0.131. The topological polar surface area (TPSA) is 49.4 Å². The van der Waals surface area contributed by atoms with Crippen LogP contribution in [-0.4, -0.2) is 16.8 Å². The summed E-state index contributed by atoms with van der Waals surface area (Å²) < 4.78 is 0. The molecule has 0 radical (unpaired) electrons. The van der Waals surface area contributed by atoms with Crippen LogP contribution in [0.2, 0.25) is 10.0 Å². The number of benzene rings is 2. The fourth-order valence-electron chi connectivity index (χ4n) is 3.26. The van der Waals surface area contributed by atoms with Gasteiger partial charge in [0.15, 0.2) is 0 Å². The molecule has 0 spiro atoms. The fourth-order valence-corrected chi connectivity index (χ4v) is 3.86. The molecule has 4 nitrogen and oxygen atoms in total. The second-order valence-corrected chi connectivity index (χ2v) is 7.41. The van der Waals surface area contributed by atoms with Gasteiger partial charge in [0.05, 0.1) is 6.54 Å². The van der Waals surface area contributed by atoms with Crippen LogP contribution in [0.3, 0.4) is 0 Å². The van der Waals surface area contributed by atoms with Crippen molar-refractivity contribution in [2.75, 3.05) is 0 Å². The van der Waals surface area contributed by atoms with E-state index in [9.17, 15) is 9.59 Å². The maximum Gasteiger partial charge on any atom is 0.325 e. The molecule has 1 fully saturated rings. The van der Waals surface area contributed by atoms with Gasteiger partial charge < -0.3 is 5.32 Å². The minimum Gasteiger partial charge on any atom is -0.319 e. The summed E-state index contributed by atoms with van der Waals surface area (Å²) in [4.78, 5) is 26.7. The molecule has 1 aliphatic heterocycles. The van der Waals surface area contributed by atoms with E-state index in [1.807, 2.05) is 32.0 Å². The van der Waals surface area contributed by atoms with E-state index in [1.165, 1.54) is 4.90 Å². The van der Waals surface area contributed by atoms with Gasteiger partial charge in [0.1, 0.15) is 5.54 Å². The van der Waals surface area contributed by atoms with Gasteiger partial charge in [0, 0.05) is 15.6 Å². The van der Waals surface area contributed by atoms with Gasteiger partial charge in [-0.05, 0) is 38.5 Å². The zero-order chi connectivity index (χ0) is 18.4. The number of aryl methyl sites for hydroxylation is 2. The average Bonchev–Trinajstić information content (AvgIpc) is 2.70. The fraction of sp³-hybridized carbons (Fsp3) is 0.263. The first-order valence-corrected chi connectivity index (χ1v) is 8.63. The Morgan fingerprint density at radius 3 is 2.28 bits per heavy atom. The molecule has 3 rings (SSSR count). The lowest BCUT2D eigenvalue weighted by Crippen LogP contribution is -2.41. The Hall–Kier alpha value is -2.04. The molecular weight excluding hydrogens is 359 g/mol. The number of nitrogens with zero attached hydrogens (tertiary/aromatic N) is 1. The highest BCUT2D eigenvalue weighted by Gasteiger charge is 2.49. The molecule has 1 aliphatic rings. The Balaban J connectivity index is 1.94. The molecule has 2 aromatic carbocycles. The molecular formula is C19H18Cl2N2O2. The number of urea groups is 1. The molecule has 1 N–H and O–H groups in total. The van der Waals surface area contributed by atoms with Gasteiger partial charge in [0.2, 0.25) is 0 Å². The summed E-state index contributed by atoms with van der Waals surface area (Å²) in [6.07, 6.45) is 0. The van der Waals surface area contributed by atoms with Gasteiger partial charge in [-0.15, -0.1) is 0 Å². The van der Waals surface area contributed by atoms with Gasteiger partial charge in [-0.1, -0.05) is 58.6 Å². The average molecular weight is 377 g/mol. The van der Waals surface area contributed by atoms with Crippen molar-refractivity contribution in [3.05, 3.63) is 68.7 Å². The van der Waals surface area contributed by atoms with Crippen molar-refractivity contribution in [1.29, 1.82) is 0 Å². The third-order valence-electron chi connectivity index (χ3n) is 4.37. The highest BCUT2D eigenvalue weighted by atomic mass is 35.5. The molecule has 6 heteroatoms. The molecule has 1 unspecified atom stereocenters. The van der Waals surface area contributed by atoms with Gasteiger partial charge in [-0.2, -0.15) is 0 Å². The molecule has 0 aliphatic carbocycles. The second-order valence-electron chi connectivity index (χ2n) is 6.57. The molecule has 1 saturated heterocycles. The molecule has 2 aromatic rings. The smallest absolute Gasteiger partial charge is 0.319 e. The minimum atomic E-state index is -1.21. The van der Waals surface area contributed by atoms with Crippen molar-refractivity contribution in [2.45, 2.75) is 32.9 Å². The van der Waals surface area contributed by atoms with Crippen molar-refractivity contribution in [3.63, 3.8) is 0 Å². The Bertz CT molecular complexity index is 861. The molecule has 0 aromatic heterocycles. The van der Waals surface area contributed by atoms with E-state index in [0.717, 1.165) is 16.7 Å². The standard InChI is InChI=1S/C19H18Cl2N2O2/c1-11-6-12(2)8-13(7-11)10-23-17(24)19(3,22-18(23)25)15-5-4-14(20)9-16(15)21/h4-9H,10H2,1-3H3,(H,22,25). The van der Waals surface area contributed by atoms with Crippen LogP contribution in [0.25, 0.3) is 0 Å². The third kappa shape index (κ3) is 3.24. The van der Waals surface area contributed by atoms with Crippen LogP contribution in [0.15, 0.2) is 36.4 Å². The van der Waals surface area contributed by atoms with E-state index in [0.29, 0.717) is 15.6 Å². The Labute approximate surface area is 156 Å². The molecule has 1 heterocycles. The highest BCUT2D eigenvalue weighted by Crippen LogP contribution is 2.35. The third-order valence-corrected chi connectivity index (χ3v) is 4.91. The van der Waals surface area contributed by atoms with E-state index in [1.54, 1.807) is 25.1 Å². The SMILES string of the molecule is Cc1cc(C)cc(CN2C(=O)NC(C)(c3ccc(Cl)cc3Cl)C2=O)c1. The number of hydrogen-bond donors (Lipinski definition) is 1. The molecule has 3 amide bonds. The number of amides is 3. The number of carbonyl (C=O) groups is 2. The van der Waals surface area contributed by atoms with Gasteiger partial charge in [-0.3, -0.25) is 9.69 Å². The van der Waals surface area contributed by atoms with Crippen LogP contribution in [0.5, 0.6) is 0 Å². The molecule has 0 bridgehead atoms. The van der Waals surface area contributed by atoms with Crippen LogP contribution < -0.4 is 5.32 Å². The first kappa shape index (κ1) is 17.8. The number of imide groups is 1. The van der Waals surface area contributed by atoms with Gasteiger partial charge in [-0.25, -0.2) is 4.79 Å². The summed E-state index contributed by atoms with van der Waals surface area (Å²) in [5, 5.41) is 3.58. The first-order valence-electron chi connectivity index (χ1n) is 7.87. The molecule has 130 valence electrons. The van der Waals surface area contributed by atoms with E-state index < -0.39 is 11.6 Å². The van der Waals surface area contributed by atoms with Crippen LogP contribution in [0.4, 0.5) is 4.79 Å². The van der Waals surface area contributed by atoms with Crippen LogP contribution in [0, 0.1) is 13.8 Å². The van der Waals surface area contributed by atoms with Crippen molar-refractivity contribution in [3.8, 4) is 0 Å². The summed E-state index contributed by atoms with van der Waals surface area (Å²) in [5.74, 6) is -0.333. The van der Waals surface area contributed by atoms with Crippen LogP contribution in [0.1, 0.15) is 29.2 Å². The number of halogens is 2. The summed E-state index contributed by atoms with van der Waals surface area (Å²) in [5.41, 5.74) is 2.40. The summed E-state index contributed by atoms with van der Waals surface area (Å²) in [6.45, 7) is 5.85. The minimum absolute atomic E-state index is 0.216. The largest absolute Gasteiger partial charge is 0.325 e. The van der Waals surface area contributed by atoms with E-state index >= 15 is 0 Å². The number of hydrogen-bond acceptors (Lipinski definition) is 2. The lowest BCUT2D eigenvalue weighted by Gasteiger charge is -2.23. The van der Waals surface area contributed by atoms with Crippen molar-refractivity contribution in [1.82, 2.24) is 10.2 Å². The normalized spacial score (nSPS) is 20.1. The Morgan fingerprint density at radius 2 is 1.68 bits per heavy atom. The van der Waals surface area contributed by atoms with Crippen LogP contribution in [-0.2, 0) is 16.9 Å². The van der Waals surface area contributed by atoms with E-state index in [-0.39, 0.29) is 12.5 Å². The second kappa shape index (κ2) is 6.36. The predicted molar refractivity (Wildman–Crippen MR) is 98.8 cm³/mol. The maximum atomic E-state index is 13.0.